The molecule has 0 spiro atoms. The first-order valence-electron chi connectivity index (χ1n) is 11.1. The van der Waals surface area contributed by atoms with Crippen molar-refractivity contribution >= 4 is 11.8 Å². The summed E-state index contributed by atoms with van der Waals surface area (Å²) in [6.07, 6.45) is 1.68. The molecular formula is C23H31F3N2O3. The van der Waals surface area contributed by atoms with Gasteiger partial charge in [-0.3, -0.25) is 9.59 Å². The third-order valence-electron chi connectivity index (χ3n) is 6.38. The average molecular weight is 441 g/mol. The zero-order valence-corrected chi connectivity index (χ0v) is 17.9. The van der Waals surface area contributed by atoms with Crippen LogP contribution in [-0.2, 0) is 15.7 Å². The van der Waals surface area contributed by atoms with Crippen molar-refractivity contribution in [2.24, 2.45) is 11.8 Å². The van der Waals surface area contributed by atoms with Crippen molar-refractivity contribution in [2.75, 3.05) is 26.2 Å². The standard InChI is InChI=1S/C23H31F3N2O3/c1-16-4-2-3-5-20(16)31-15-12-27-21(29)17-10-13-28(14-11-17)22(30)18-6-8-19(9-7-18)23(24,25)26/h6-9,16-17,20H,2-5,10-15H2,1H3,(H,27,29). The van der Waals surface area contributed by atoms with Crippen LogP contribution in [0.3, 0.4) is 0 Å². The predicted octanol–water partition coefficient (Wildman–Crippen LogP) is 4.27. The number of likely N-dealkylation sites (tertiary alicyclic amines) is 1. The summed E-state index contributed by atoms with van der Waals surface area (Å²) >= 11 is 0. The number of piperidine rings is 1. The number of alkyl halides is 3. The average Bonchev–Trinajstić information content (AvgIpc) is 2.77. The number of hydrogen-bond donors (Lipinski definition) is 1. The lowest BCUT2D eigenvalue weighted by atomic mass is 9.88. The van der Waals surface area contributed by atoms with Gasteiger partial charge in [-0.2, -0.15) is 13.2 Å². The Morgan fingerprint density at radius 3 is 2.32 bits per heavy atom. The minimum absolute atomic E-state index is 0.0260. The molecular weight excluding hydrogens is 409 g/mol. The molecule has 0 bridgehead atoms. The maximum Gasteiger partial charge on any atom is 0.416 e. The highest BCUT2D eigenvalue weighted by Crippen LogP contribution is 2.29. The SMILES string of the molecule is CC1CCCCC1OCCNC(=O)C1CCN(C(=O)c2ccc(C(F)(F)F)cc2)CC1. The van der Waals surface area contributed by atoms with E-state index in [4.69, 9.17) is 4.74 Å². The predicted molar refractivity (Wildman–Crippen MR) is 110 cm³/mol. The van der Waals surface area contributed by atoms with E-state index in [9.17, 15) is 22.8 Å². The molecule has 1 saturated heterocycles. The third-order valence-corrected chi connectivity index (χ3v) is 6.38. The Balaban J connectivity index is 1.38. The van der Waals surface area contributed by atoms with E-state index >= 15 is 0 Å². The van der Waals surface area contributed by atoms with E-state index in [2.05, 4.69) is 12.2 Å². The first-order valence-corrected chi connectivity index (χ1v) is 11.1. The minimum atomic E-state index is -4.42. The smallest absolute Gasteiger partial charge is 0.376 e. The Morgan fingerprint density at radius 2 is 1.71 bits per heavy atom. The quantitative estimate of drug-likeness (QED) is 0.672. The van der Waals surface area contributed by atoms with Gasteiger partial charge in [-0.05, 0) is 55.9 Å². The Bertz CT molecular complexity index is 743. The molecule has 8 heteroatoms. The topological polar surface area (TPSA) is 58.6 Å². The number of carbonyl (C=O) groups is 2. The van der Waals surface area contributed by atoms with E-state index in [0.29, 0.717) is 45.0 Å². The van der Waals surface area contributed by atoms with Gasteiger partial charge in [0.2, 0.25) is 5.91 Å². The normalized spacial score (nSPS) is 22.9. The van der Waals surface area contributed by atoms with Crippen molar-refractivity contribution in [3.63, 3.8) is 0 Å². The van der Waals surface area contributed by atoms with Crippen LogP contribution in [-0.4, -0.2) is 49.1 Å². The lowest BCUT2D eigenvalue weighted by Gasteiger charge is -2.31. The highest BCUT2D eigenvalue weighted by Gasteiger charge is 2.31. The largest absolute Gasteiger partial charge is 0.416 e. The van der Waals surface area contributed by atoms with E-state index in [-0.39, 0.29) is 29.4 Å². The molecule has 172 valence electrons. The molecule has 1 aliphatic heterocycles. The number of amides is 2. The summed E-state index contributed by atoms with van der Waals surface area (Å²) in [5.41, 5.74) is -0.550. The number of rotatable bonds is 6. The van der Waals surface area contributed by atoms with Crippen molar-refractivity contribution in [3.8, 4) is 0 Å². The molecule has 1 heterocycles. The van der Waals surface area contributed by atoms with Crippen LogP contribution in [0.25, 0.3) is 0 Å². The molecule has 1 aliphatic carbocycles. The Morgan fingerprint density at radius 1 is 1.06 bits per heavy atom. The second-order valence-electron chi connectivity index (χ2n) is 8.60. The molecule has 2 amide bonds. The summed E-state index contributed by atoms with van der Waals surface area (Å²) in [5.74, 6) is 0.0748. The minimum Gasteiger partial charge on any atom is -0.376 e. The number of hydrogen-bond acceptors (Lipinski definition) is 3. The van der Waals surface area contributed by atoms with Crippen LogP contribution in [0.1, 0.15) is 61.4 Å². The van der Waals surface area contributed by atoms with Crippen LogP contribution in [0, 0.1) is 11.8 Å². The van der Waals surface area contributed by atoms with E-state index in [0.717, 1.165) is 18.6 Å². The first-order chi connectivity index (χ1) is 14.8. The number of benzene rings is 1. The Hall–Kier alpha value is -2.09. The van der Waals surface area contributed by atoms with Crippen LogP contribution in [0.2, 0.25) is 0 Å². The number of ether oxygens (including phenoxy) is 1. The molecule has 2 atom stereocenters. The molecule has 1 N–H and O–H groups in total. The van der Waals surface area contributed by atoms with Gasteiger partial charge in [0.1, 0.15) is 0 Å². The van der Waals surface area contributed by atoms with Crippen LogP contribution >= 0.6 is 0 Å². The van der Waals surface area contributed by atoms with Gasteiger partial charge in [-0.15, -0.1) is 0 Å². The Labute approximate surface area is 181 Å². The number of nitrogens with one attached hydrogen (secondary N) is 1. The van der Waals surface area contributed by atoms with E-state index < -0.39 is 11.7 Å². The van der Waals surface area contributed by atoms with E-state index in [1.807, 2.05) is 0 Å². The number of halogens is 3. The van der Waals surface area contributed by atoms with Gasteiger partial charge in [0, 0.05) is 31.1 Å². The highest BCUT2D eigenvalue weighted by molar-refractivity contribution is 5.94. The van der Waals surface area contributed by atoms with Gasteiger partial charge in [0.05, 0.1) is 18.3 Å². The van der Waals surface area contributed by atoms with Crippen LogP contribution < -0.4 is 5.32 Å². The summed E-state index contributed by atoms with van der Waals surface area (Å²) in [4.78, 5) is 26.6. The fourth-order valence-electron chi connectivity index (χ4n) is 4.39. The zero-order chi connectivity index (χ0) is 22.4. The summed E-state index contributed by atoms with van der Waals surface area (Å²) in [6.45, 7) is 4.02. The second kappa shape index (κ2) is 10.5. The molecule has 1 aromatic carbocycles. The van der Waals surface area contributed by atoms with Gasteiger partial charge in [-0.25, -0.2) is 0 Å². The van der Waals surface area contributed by atoms with Crippen LogP contribution in [0.5, 0.6) is 0 Å². The van der Waals surface area contributed by atoms with Crippen molar-refractivity contribution in [1.82, 2.24) is 10.2 Å². The van der Waals surface area contributed by atoms with Gasteiger partial charge >= 0.3 is 6.18 Å². The molecule has 0 radical (unpaired) electrons. The Kier molecular flexibility index (Phi) is 7.97. The van der Waals surface area contributed by atoms with Crippen molar-refractivity contribution < 1.29 is 27.5 Å². The number of carbonyl (C=O) groups excluding carboxylic acids is 2. The molecule has 3 rings (SSSR count). The fraction of sp³-hybridized carbons (Fsp3) is 0.652. The zero-order valence-electron chi connectivity index (χ0n) is 17.9. The molecule has 2 fully saturated rings. The molecule has 1 saturated carbocycles. The molecule has 31 heavy (non-hydrogen) atoms. The maximum atomic E-state index is 12.7. The van der Waals surface area contributed by atoms with E-state index in [1.54, 1.807) is 4.90 Å². The van der Waals surface area contributed by atoms with Gasteiger partial charge in [0.15, 0.2) is 0 Å². The first kappa shape index (κ1) is 23.6. The van der Waals surface area contributed by atoms with Crippen molar-refractivity contribution in [2.45, 2.75) is 57.7 Å². The molecule has 1 aromatic rings. The molecule has 2 unspecified atom stereocenters. The van der Waals surface area contributed by atoms with Crippen LogP contribution in [0.4, 0.5) is 13.2 Å². The van der Waals surface area contributed by atoms with Gasteiger partial charge in [-0.1, -0.05) is 19.8 Å². The van der Waals surface area contributed by atoms with Crippen LogP contribution in [0.15, 0.2) is 24.3 Å². The highest BCUT2D eigenvalue weighted by atomic mass is 19.4. The van der Waals surface area contributed by atoms with Crippen molar-refractivity contribution in [3.05, 3.63) is 35.4 Å². The molecule has 2 aliphatic rings. The van der Waals surface area contributed by atoms with Crippen molar-refractivity contribution in [1.29, 1.82) is 0 Å². The molecule has 5 nitrogen and oxygen atoms in total. The number of nitrogens with zero attached hydrogens (tertiary/aromatic N) is 1. The lowest BCUT2D eigenvalue weighted by Crippen LogP contribution is -2.43. The summed E-state index contributed by atoms with van der Waals surface area (Å²) in [6, 6.07) is 4.25. The van der Waals surface area contributed by atoms with Gasteiger partial charge in [0.25, 0.3) is 5.91 Å². The maximum absolute atomic E-state index is 12.7. The van der Waals surface area contributed by atoms with Gasteiger partial charge < -0.3 is 15.0 Å². The molecule has 0 aromatic heterocycles. The lowest BCUT2D eigenvalue weighted by molar-refractivity contribution is -0.137. The van der Waals surface area contributed by atoms with E-state index in [1.165, 1.54) is 31.4 Å². The summed E-state index contributed by atoms with van der Waals surface area (Å²) in [7, 11) is 0. The second-order valence-corrected chi connectivity index (χ2v) is 8.60. The third kappa shape index (κ3) is 6.45. The monoisotopic (exact) mass is 440 g/mol. The summed E-state index contributed by atoms with van der Waals surface area (Å²) in [5, 5.41) is 2.93. The fourth-order valence-corrected chi connectivity index (χ4v) is 4.39. The summed E-state index contributed by atoms with van der Waals surface area (Å²) < 4.78 is 43.9.